The van der Waals surface area contributed by atoms with Crippen molar-refractivity contribution >= 4 is 11.3 Å². The van der Waals surface area contributed by atoms with Crippen molar-refractivity contribution in [3.63, 3.8) is 0 Å². The van der Waals surface area contributed by atoms with Crippen LogP contribution in [0.4, 0.5) is 0 Å². The SMILES string of the molecule is CCCOc1cccc(-c2nc(C)c(C(C)N)s2)c1. The Morgan fingerprint density at radius 1 is 1.42 bits per heavy atom. The van der Waals surface area contributed by atoms with E-state index in [0.717, 1.165) is 39.9 Å². The van der Waals surface area contributed by atoms with Crippen LogP contribution in [0.5, 0.6) is 5.75 Å². The van der Waals surface area contributed by atoms with Gasteiger partial charge in [-0.25, -0.2) is 4.98 Å². The van der Waals surface area contributed by atoms with Crippen molar-refractivity contribution in [2.24, 2.45) is 5.73 Å². The van der Waals surface area contributed by atoms with Gasteiger partial charge in [-0.3, -0.25) is 0 Å². The molecule has 0 saturated carbocycles. The van der Waals surface area contributed by atoms with E-state index in [2.05, 4.69) is 18.0 Å². The van der Waals surface area contributed by atoms with Gasteiger partial charge in [0.25, 0.3) is 0 Å². The number of aryl methyl sites for hydroxylation is 1. The standard InChI is InChI=1S/C15H20N2OS/c1-4-8-18-13-7-5-6-12(9-13)15-17-11(3)14(19-15)10(2)16/h5-7,9-10H,4,8,16H2,1-3H3. The molecular weight excluding hydrogens is 256 g/mol. The van der Waals surface area contributed by atoms with Gasteiger partial charge >= 0.3 is 0 Å². The Morgan fingerprint density at radius 2 is 2.21 bits per heavy atom. The zero-order valence-corrected chi connectivity index (χ0v) is 12.5. The summed E-state index contributed by atoms with van der Waals surface area (Å²) in [4.78, 5) is 5.75. The monoisotopic (exact) mass is 276 g/mol. The second kappa shape index (κ2) is 6.17. The third-order valence-corrected chi connectivity index (χ3v) is 4.21. The molecule has 1 heterocycles. The molecule has 2 N–H and O–H groups in total. The molecule has 1 unspecified atom stereocenters. The number of benzene rings is 1. The van der Waals surface area contributed by atoms with Crippen molar-refractivity contribution in [3.05, 3.63) is 34.8 Å². The molecule has 0 fully saturated rings. The van der Waals surface area contributed by atoms with Gasteiger partial charge in [-0.2, -0.15) is 0 Å². The molecule has 0 aliphatic carbocycles. The number of nitrogens with two attached hydrogens (primary N) is 1. The summed E-state index contributed by atoms with van der Waals surface area (Å²) in [6, 6.07) is 8.11. The normalized spacial score (nSPS) is 12.4. The van der Waals surface area contributed by atoms with E-state index >= 15 is 0 Å². The fraction of sp³-hybridized carbons (Fsp3) is 0.400. The molecule has 0 bridgehead atoms. The Balaban J connectivity index is 2.28. The predicted molar refractivity (Wildman–Crippen MR) is 80.7 cm³/mol. The third kappa shape index (κ3) is 3.33. The van der Waals surface area contributed by atoms with E-state index in [1.807, 2.05) is 32.0 Å². The van der Waals surface area contributed by atoms with E-state index in [4.69, 9.17) is 10.5 Å². The van der Waals surface area contributed by atoms with Crippen LogP contribution in [0.2, 0.25) is 0 Å². The average molecular weight is 276 g/mol. The van der Waals surface area contributed by atoms with Crippen LogP contribution in [0.25, 0.3) is 10.6 Å². The molecule has 4 heteroatoms. The molecule has 1 aromatic heterocycles. The molecule has 0 aliphatic rings. The van der Waals surface area contributed by atoms with Crippen LogP contribution in [0.1, 0.15) is 36.9 Å². The molecule has 0 radical (unpaired) electrons. The first-order chi connectivity index (χ1) is 9.11. The second-order valence-corrected chi connectivity index (χ2v) is 5.66. The first-order valence-corrected chi connectivity index (χ1v) is 7.39. The minimum Gasteiger partial charge on any atom is -0.494 e. The molecule has 1 aromatic carbocycles. The second-order valence-electron chi connectivity index (χ2n) is 4.63. The number of aromatic nitrogens is 1. The molecule has 2 rings (SSSR count). The minimum atomic E-state index is 0.0331. The van der Waals surface area contributed by atoms with Gasteiger partial charge in [-0.1, -0.05) is 19.1 Å². The molecule has 3 nitrogen and oxygen atoms in total. The van der Waals surface area contributed by atoms with Crippen molar-refractivity contribution in [2.45, 2.75) is 33.2 Å². The van der Waals surface area contributed by atoms with Gasteiger partial charge in [0.15, 0.2) is 0 Å². The Bertz CT molecular complexity index is 549. The predicted octanol–water partition coefficient (Wildman–Crippen LogP) is 3.93. The van der Waals surface area contributed by atoms with E-state index in [1.165, 1.54) is 0 Å². The molecular formula is C15H20N2OS. The van der Waals surface area contributed by atoms with E-state index in [9.17, 15) is 0 Å². The maximum Gasteiger partial charge on any atom is 0.124 e. The maximum atomic E-state index is 5.95. The summed E-state index contributed by atoms with van der Waals surface area (Å²) in [6.07, 6.45) is 1.01. The molecule has 102 valence electrons. The average Bonchev–Trinajstić information content (AvgIpc) is 2.79. The van der Waals surface area contributed by atoms with E-state index in [0.29, 0.717) is 0 Å². The highest BCUT2D eigenvalue weighted by Gasteiger charge is 2.12. The largest absolute Gasteiger partial charge is 0.494 e. The maximum absolute atomic E-state index is 5.95. The summed E-state index contributed by atoms with van der Waals surface area (Å²) in [5, 5.41) is 1.01. The molecule has 0 spiro atoms. The first kappa shape index (κ1) is 14.0. The van der Waals surface area contributed by atoms with Crippen LogP contribution in [-0.2, 0) is 0 Å². The van der Waals surface area contributed by atoms with Gasteiger partial charge in [-0.15, -0.1) is 11.3 Å². The van der Waals surface area contributed by atoms with E-state index < -0.39 is 0 Å². The van der Waals surface area contributed by atoms with Gasteiger partial charge in [0.1, 0.15) is 10.8 Å². The highest BCUT2D eigenvalue weighted by molar-refractivity contribution is 7.15. The molecule has 1 atom stereocenters. The van der Waals surface area contributed by atoms with Crippen molar-refractivity contribution in [3.8, 4) is 16.3 Å². The molecule has 0 aliphatic heterocycles. The Labute approximate surface area is 118 Å². The Hall–Kier alpha value is -1.39. The molecule has 19 heavy (non-hydrogen) atoms. The van der Waals surface area contributed by atoms with Gasteiger partial charge in [0, 0.05) is 16.5 Å². The number of nitrogens with zero attached hydrogens (tertiary/aromatic N) is 1. The lowest BCUT2D eigenvalue weighted by molar-refractivity contribution is 0.317. The van der Waals surface area contributed by atoms with Crippen LogP contribution >= 0.6 is 11.3 Å². The first-order valence-electron chi connectivity index (χ1n) is 6.58. The molecule has 0 amide bonds. The van der Waals surface area contributed by atoms with Gasteiger partial charge < -0.3 is 10.5 Å². The van der Waals surface area contributed by atoms with Crippen molar-refractivity contribution < 1.29 is 4.74 Å². The number of thiazole rings is 1. The van der Waals surface area contributed by atoms with Crippen LogP contribution in [0, 0.1) is 6.92 Å². The number of hydrogen-bond acceptors (Lipinski definition) is 4. The summed E-state index contributed by atoms with van der Waals surface area (Å²) < 4.78 is 5.65. The van der Waals surface area contributed by atoms with Crippen molar-refractivity contribution in [2.75, 3.05) is 6.61 Å². The summed E-state index contributed by atoms with van der Waals surface area (Å²) in [5.74, 6) is 0.898. The Morgan fingerprint density at radius 3 is 2.84 bits per heavy atom. The summed E-state index contributed by atoms with van der Waals surface area (Å²) in [6.45, 7) is 6.84. The number of ether oxygens (including phenoxy) is 1. The quantitative estimate of drug-likeness (QED) is 0.900. The summed E-state index contributed by atoms with van der Waals surface area (Å²) in [7, 11) is 0. The lowest BCUT2D eigenvalue weighted by Crippen LogP contribution is -2.03. The Kier molecular flexibility index (Phi) is 4.56. The van der Waals surface area contributed by atoms with Gasteiger partial charge in [-0.05, 0) is 32.4 Å². The fourth-order valence-corrected chi connectivity index (χ4v) is 2.91. The van der Waals surface area contributed by atoms with Gasteiger partial charge in [0.05, 0.1) is 12.3 Å². The van der Waals surface area contributed by atoms with E-state index in [-0.39, 0.29) is 6.04 Å². The van der Waals surface area contributed by atoms with Gasteiger partial charge in [0.2, 0.25) is 0 Å². The van der Waals surface area contributed by atoms with E-state index in [1.54, 1.807) is 11.3 Å². The number of hydrogen-bond donors (Lipinski definition) is 1. The number of rotatable bonds is 5. The van der Waals surface area contributed by atoms with Crippen molar-refractivity contribution in [1.29, 1.82) is 0 Å². The smallest absolute Gasteiger partial charge is 0.124 e. The summed E-state index contributed by atoms with van der Waals surface area (Å²) >= 11 is 1.66. The van der Waals surface area contributed by atoms with Crippen LogP contribution < -0.4 is 10.5 Å². The fourth-order valence-electron chi connectivity index (χ4n) is 1.89. The summed E-state index contributed by atoms with van der Waals surface area (Å²) in [5.41, 5.74) is 8.06. The lowest BCUT2D eigenvalue weighted by Gasteiger charge is -2.05. The molecule has 2 aromatic rings. The van der Waals surface area contributed by atoms with Crippen molar-refractivity contribution in [1.82, 2.24) is 4.98 Å². The third-order valence-electron chi connectivity index (χ3n) is 2.80. The van der Waals surface area contributed by atoms with Crippen LogP contribution in [0.3, 0.4) is 0 Å². The topological polar surface area (TPSA) is 48.1 Å². The highest BCUT2D eigenvalue weighted by Crippen LogP contribution is 2.32. The molecule has 0 saturated heterocycles. The zero-order valence-electron chi connectivity index (χ0n) is 11.6. The van der Waals surface area contributed by atoms with Crippen LogP contribution in [-0.4, -0.2) is 11.6 Å². The highest BCUT2D eigenvalue weighted by atomic mass is 32.1. The van der Waals surface area contributed by atoms with Crippen LogP contribution in [0.15, 0.2) is 24.3 Å². The zero-order chi connectivity index (χ0) is 13.8. The minimum absolute atomic E-state index is 0.0331. The lowest BCUT2D eigenvalue weighted by atomic mass is 10.2.